The highest BCUT2D eigenvalue weighted by Crippen LogP contribution is 2.18. The quantitative estimate of drug-likeness (QED) is 0.887. The average Bonchev–Trinajstić information content (AvgIpc) is 2.85. The van der Waals surface area contributed by atoms with Crippen LogP contribution >= 0.6 is 0 Å². The molecule has 0 saturated carbocycles. The summed E-state index contributed by atoms with van der Waals surface area (Å²) in [4.78, 5) is 14.2. The van der Waals surface area contributed by atoms with Crippen LogP contribution in [0.15, 0.2) is 30.5 Å². The van der Waals surface area contributed by atoms with Gasteiger partial charge in [0.2, 0.25) is 0 Å². The predicted octanol–water partition coefficient (Wildman–Crippen LogP) is 4.07. The molecule has 2 aromatic rings. The minimum absolute atomic E-state index is 0.0280. The molecule has 3 nitrogen and oxygen atoms in total. The van der Waals surface area contributed by atoms with Crippen molar-refractivity contribution in [2.45, 2.75) is 53.5 Å². The van der Waals surface area contributed by atoms with Crippen molar-refractivity contribution in [3.05, 3.63) is 36.0 Å². The van der Waals surface area contributed by atoms with Gasteiger partial charge < -0.3 is 10.7 Å². The summed E-state index contributed by atoms with van der Waals surface area (Å²) in [6, 6.07) is 7.61. The first kappa shape index (κ1) is 18.4. The number of ketones is 1. The van der Waals surface area contributed by atoms with Crippen LogP contribution in [-0.4, -0.2) is 16.8 Å². The van der Waals surface area contributed by atoms with Gasteiger partial charge in [0, 0.05) is 17.1 Å². The molecule has 0 aliphatic heterocycles. The van der Waals surface area contributed by atoms with Crippen LogP contribution in [0.2, 0.25) is 0 Å². The number of carbonyl (C=O) groups is 1. The number of hydrogen-bond donors (Lipinski definition) is 2. The summed E-state index contributed by atoms with van der Waals surface area (Å²) in [5.74, 6) is 0.0280. The lowest BCUT2D eigenvalue weighted by Gasteiger charge is -2.05. The Morgan fingerprint density at radius 2 is 1.80 bits per heavy atom. The van der Waals surface area contributed by atoms with E-state index in [4.69, 9.17) is 5.73 Å². The Labute approximate surface area is 122 Å². The fourth-order valence-electron chi connectivity index (χ4n) is 1.68. The van der Waals surface area contributed by atoms with Gasteiger partial charge in [0.15, 0.2) is 0 Å². The smallest absolute Gasteiger partial charge is 0.146 e. The molecule has 20 heavy (non-hydrogen) atoms. The zero-order valence-corrected chi connectivity index (χ0v) is 13.4. The number of hydrogen-bond acceptors (Lipinski definition) is 2. The van der Waals surface area contributed by atoms with Crippen LogP contribution in [-0.2, 0) is 11.2 Å². The van der Waals surface area contributed by atoms with E-state index in [1.807, 2.05) is 44.3 Å². The zero-order chi connectivity index (χ0) is 15.5. The predicted molar refractivity (Wildman–Crippen MR) is 88.0 cm³/mol. The normalized spacial score (nSPS) is 10.9. The van der Waals surface area contributed by atoms with Gasteiger partial charge in [-0.25, -0.2) is 0 Å². The van der Waals surface area contributed by atoms with Gasteiger partial charge in [0.25, 0.3) is 0 Å². The Hall–Kier alpha value is -1.61. The molecule has 0 saturated heterocycles. The summed E-state index contributed by atoms with van der Waals surface area (Å²) in [6.45, 7) is 9.78. The first-order chi connectivity index (χ1) is 9.60. The van der Waals surface area contributed by atoms with E-state index >= 15 is 0 Å². The second-order valence-corrected chi connectivity index (χ2v) is 4.49. The number of fused-ring (bicyclic) bond motifs is 1. The molecule has 0 spiro atoms. The molecule has 0 aliphatic rings. The van der Waals surface area contributed by atoms with E-state index in [0.717, 1.165) is 16.5 Å². The van der Waals surface area contributed by atoms with Crippen molar-refractivity contribution < 1.29 is 4.79 Å². The van der Waals surface area contributed by atoms with E-state index in [0.29, 0.717) is 6.42 Å². The molecule has 0 bridgehead atoms. The summed E-state index contributed by atoms with van der Waals surface area (Å²) < 4.78 is 0. The Morgan fingerprint density at radius 1 is 1.25 bits per heavy atom. The lowest BCUT2D eigenvalue weighted by molar-refractivity contribution is -0.118. The van der Waals surface area contributed by atoms with E-state index in [-0.39, 0.29) is 5.78 Å². The highest BCUT2D eigenvalue weighted by Gasteiger charge is 2.11. The molecule has 0 amide bonds. The molecule has 3 N–H and O–H groups in total. The second kappa shape index (κ2) is 10.2. The standard InChI is InChI=1S/C12H14N2O.C3H8.C2H6/c1-8(15)11(13)6-9-7-14-12-5-3-2-4-10(9)12;1-3-2;1-2/h2-5,7,11,14H,6,13H2,1H3;3H2,1-2H3;1-2H3. The van der Waals surface area contributed by atoms with Crippen molar-refractivity contribution in [1.82, 2.24) is 4.98 Å². The first-order valence-corrected chi connectivity index (χ1v) is 7.41. The van der Waals surface area contributed by atoms with Crippen LogP contribution in [0.4, 0.5) is 0 Å². The third kappa shape index (κ3) is 5.57. The van der Waals surface area contributed by atoms with Crippen LogP contribution < -0.4 is 5.73 Å². The minimum atomic E-state index is -0.399. The highest BCUT2D eigenvalue weighted by molar-refractivity contribution is 5.85. The summed E-state index contributed by atoms with van der Waals surface area (Å²) >= 11 is 0. The van der Waals surface area contributed by atoms with Gasteiger partial charge >= 0.3 is 0 Å². The van der Waals surface area contributed by atoms with Crippen LogP contribution in [0.3, 0.4) is 0 Å². The zero-order valence-electron chi connectivity index (χ0n) is 13.4. The van der Waals surface area contributed by atoms with Crippen LogP contribution in [0.5, 0.6) is 0 Å². The third-order valence-corrected chi connectivity index (χ3v) is 2.64. The minimum Gasteiger partial charge on any atom is -0.361 e. The lowest BCUT2D eigenvalue weighted by Crippen LogP contribution is -2.30. The Bertz CT molecular complexity index is 502. The number of nitrogens with one attached hydrogen (secondary N) is 1. The molecule has 3 heteroatoms. The van der Waals surface area contributed by atoms with Gasteiger partial charge in [-0.15, -0.1) is 0 Å². The molecule has 0 fully saturated rings. The SMILES string of the molecule is CC.CC(=O)C(N)Cc1c[nH]c2ccccc12.CCC. The van der Waals surface area contributed by atoms with Gasteiger partial charge in [0.1, 0.15) is 5.78 Å². The van der Waals surface area contributed by atoms with Crippen molar-refractivity contribution >= 4 is 16.7 Å². The molecule has 2 rings (SSSR count). The number of rotatable bonds is 3. The van der Waals surface area contributed by atoms with E-state index in [2.05, 4.69) is 18.8 Å². The van der Waals surface area contributed by atoms with Crippen LogP contribution in [0.1, 0.15) is 46.6 Å². The number of para-hydroxylation sites is 1. The fourth-order valence-corrected chi connectivity index (χ4v) is 1.68. The monoisotopic (exact) mass is 276 g/mol. The van der Waals surface area contributed by atoms with Crippen molar-refractivity contribution in [3.63, 3.8) is 0 Å². The first-order valence-electron chi connectivity index (χ1n) is 7.41. The summed E-state index contributed by atoms with van der Waals surface area (Å²) in [5.41, 5.74) is 7.93. The molecule has 112 valence electrons. The maximum absolute atomic E-state index is 11.1. The average molecular weight is 276 g/mol. The largest absolute Gasteiger partial charge is 0.361 e. The number of carbonyl (C=O) groups excluding carboxylic acids is 1. The van der Waals surface area contributed by atoms with Crippen molar-refractivity contribution in [3.8, 4) is 0 Å². The van der Waals surface area contributed by atoms with Gasteiger partial charge in [0.05, 0.1) is 6.04 Å². The number of H-pyrrole nitrogens is 1. The van der Waals surface area contributed by atoms with E-state index in [1.165, 1.54) is 13.3 Å². The highest BCUT2D eigenvalue weighted by atomic mass is 16.1. The maximum Gasteiger partial charge on any atom is 0.146 e. The molecular weight excluding hydrogens is 248 g/mol. The molecule has 1 unspecified atom stereocenters. The summed E-state index contributed by atoms with van der Waals surface area (Å²) in [7, 11) is 0. The number of aromatic nitrogens is 1. The van der Waals surface area contributed by atoms with Crippen molar-refractivity contribution in [2.75, 3.05) is 0 Å². The maximum atomic E-state index is 11.1. The van der Waals surface area contributed by atoms with Crippen molar-refractivity contribution in [1.29, 1.82) is 0 Å². The number of Topliss-reactive ketones (excluding diaryl/α,β-unsaturated/α-hetero) is 1. The number of benzene rings is 1. The van der Waals surface area contributed by atoms with E-state index < -0.39 is 6.04 Å². The molecule has 1 aromatic carbocycles. The second-order valence-electron chi connectivity index (χ2n) is 4.49. The Balaban J connectivity index is 0.000000641. The lowest BCUT2D eigenvalue weighted by atomic mass is 10.0. The topological polar surface area (TPSA) is 58.9 Å². The van der Waals surface area contributed by atoms with Crippen molar-refractivity contribution in [2.24, 2.45) is 5.73 Å². The third-order valence-electron chi connectivity index (χ3n) is 2.64. The van der Waals surface area contributed by atoms with Gasteiger partial charge in [-0.2, -0.15) is 0 Å². The van der Waals surface area contributed by atoms with Gasteiger partial charge in [-0.05, 0) is 25.0 Å². The molecule has 1 heterocycles. The Morgan fingerprint density at radius 3 is 2.35 bits per heavy atom. The van der Waals surface area contributed by atoms with Crippen LogP contribution in [0.25, 0.3) is 10.9 Å². The Kier molecular flexibility index (Phi) is 9.39. The number of aromatic amines is 1. The number of nitrogens with two attached hydrogens (primary N) is 1. The fraction of sp³-hybridized carbons (Fsp3) is 0.471. The van der Waals surface area contributed by atoms with E-state index in [1.54, 1.807) is 0 Å². The molecule has 0 radical (unpaired) electrons. The molecule has 1 atom stereocenters. The summed E-state index contributed by atoms with van der Waals surface area (Å²) in [5, 5.41) is 1.15. The van der Waals surface area contributed by atoms with E-state index in [9.17, 15) is 4.79 Å². The molecule has 0 aliphatic carbocycles. The van der Waals surface area contributed by atoms with Gasteiger partial charge in [-0.1, -0.05) is 52.3 Å². The van der Waals surface area contributed by atoms with Gasteiger partial charge in [-0.3, -0.25) is 4.79 Å². The van der Waals surface area contributed by atoms with Crippen LogP contribution in [0, 0.1) is 0 Å². The molecule has 1 aromatic heterocycles. The summed E-state index contributed by atoms with van der Waals surface area (Å²) in [6.07, 6.45) is 3.77. The molecular formula is C17H28N2O.